The molecule has 1 aromatic carbocycles. The Bertz CT molecular complexity index is 722. The summed E-state index contributed by atoms with van der Waals surface area (Å²) in [7, 11) is 6.50. The lowest BCUT2D eigenvalue weighted by molar-refractivity contribution is 0.324. The number of thiazole rings is 1. The first kappa shape index (κ1) is 16.1. The molecule has 0 amide bonds. The molecule has 0 saturated carbocycles. The van der Waals surface area contributed by atoms with Gasteiger partial charge in [-0.05, 0) is 19.1 Å². The van der Waals surface area contributed by atoms with E-state index in [4.69, 9.17) is 14.2 Å². The highest BCUT2D eigenvalue weighted by molar-refractivity contribution is 7.07. The highest BCUT2D eigenvalue weighted by Crippen LogP contribution is 2.37. The molecule has 0 aliphatic heterocycles. The van der Waals surface area contributed by atoms with E-state index in [0.29, 0.717) is 17.2 Å². The van der Waals surface area contributed by atoms with Crippen molar-refractivity contribution in [2.75, 3.05) is 28.4 Å². The van der Waals surface area contributed by atoms with Crippen LogP contribution < -0.4 is 19.0 Å². The molecule has 7 heteroatoms. The lowest BCUT2D eigenvalue weighted by Crippen LogP contribution is -2.11. The number of aryl methyl sites for hydroxylation is 1. The minimum atomic E-state index is 0.561. The third-order valence-electron chi connectivity index (χ3n) is 3.05. The van der Waals surface area contributed by atoms with Crippen LogP contribution in [0.15, 0.2) is 27.6 Å². The molecule has 2 aromatic rings. The number of hydrogen-bond acceptors (Lipinski definition) is 6. The second-order valence-corrected chi connectivity index (χ2v) is 5.23. The summed E-state index contributed by atoms with van der Waals surface area (Å²) in [5.74, 6) is 1.75. The van der Waals surface area contributed by atoms with Crippen LogP contribution in [0.4, 0.5) is 0 Å². The monoisotopic (exact) mass is 321 g/mol. The van der Waals surface area contributed by atoms with Gasteiger partial charge in [-0.2, -0.15) is 5.10 Å². The van der Waals surface area contributed by atoms with Crippen molar-refractivity contribution >= 4 is 17.6 Å². The van der Waals surface area contributed by atoms with Crippen LogP contribution in [-0.2, 0) is 0 Å². The predicted octanol–water partition coefficient (Wildman–Crippen LogP) is 2.30. The fourth-order valence-electron chi connectivity index (χ4n) is 1.98. The molecule has 6 nitrogen and oxygen atoms in total. The van der Waals surface area contributed by atoms with E-state index in [0.717, 1.165) is 16.1 Å². The van der Waals surface area contributed by atoms with Crippen molar-refractivity contribution in [3.63, 3.8) is 0 Å². The molecule has 2 rings (SSSR count). The first-order valence-electron chi connectivity index (χ1n) is 6.59. The van der Waals surface area contributed by atoms with Gasteiger partial charge in [0.1, 0.15) is 0 Å². The Morgan fingerprint density at radius 3 is 2.23 bits per heavy atom. The molecule has 118 valence electrons. The van der Waals surface area contributed by atoms with Gasteiger partial charge < -0.3 is 14.2 Å². The van der Waals surface area contributed by atoms with Gasteiger partial charge in [-0.25, -0.2) is 4.68 Å². The summed E-state index contributed by atoms with van der Waals surface area (Å²) in [5.41, 5.74) is 1.86. The summed E-state index contributed by atoms with van der Waals surface area (Å²) in [6.07, 6.45) is 1.74. The first-order chi connectivity index (χ1) is 10.6. The average Bonchev–Trinajstić information content (AvgIpc) is 2.91. The lowest BCUT2D eigenvalue weighted by Gasteiger charge is -2.12. The highest BCUT2D eigenvalue weighted by atomic mass is 32.1. The molecule has 0 radical (unpaired) electrons. The maximum absolute atomic E-state index is 5.34. The van der Waals surface area contributed by atoms with Crippen molar-refractivity contribution in [1.82, 2.24) is 4.68 Å². The summed E-state index contributed by atoms with van der Waals surface area (Å²) in [5, 5.41) is 6.48. The molecule has 0 aliphatic carbocycles. The van der Waals surface area contributed by atoms with E-state index in [-0.39, 0.29) is 0 Å². The number of rotatable bonds is 5. The molecule has 0 aliphatic rings. The fourth-order valence-corrected chi connectivity index (χ4v) is 2.75. The van der Waals surface area contributed by atoms with Crippen molar-refractivity contribution in [1.29, 1.82) is 0 Å². The number of benzene rings is 1. The molecule has 1 aromatic heterocycles. The highest BCUT2D eigenvalue weighted by Gasteiger charge is 2.12. The van der Waals surface area contributed by atoms with Gasteiger partial charge >= 0.3 is 0 Å². The minimum absolute atomic E-state index is 0.561. The molecule has 0 N–H and O–H groups in total. The van der Waals surface area contributed by atoms with Crippen molar-refractivity contribution in [2.24, 2.45) is 10.1 Å². The second-order valence-electron chi connectivity index (χ2n) is 4.40. The van der Waals surface area contributed by atoms with Crippen LogP contribution in [0.25, 0.3) is 0 Å². The standard InChI is InChI=1S/C15H19N3O3S/c1-10-9-22-15(16-2)18(10)17-8-11-6-12(19-3)14(21-5)13(7-11)20-4/h6-9H,1-5H3/b16-15?,17-8+. The van der Waals surface area contributed by atoms with E-state index in [1.54, 1.807) is 50.6 Å². The molecule has 0 spiro atoms. The number of aromatic nitrogens is 1. The van der Waals surface area contributed by atoms with Crippen LogP contribution in [0, 0.1) is 6.92 Å². The van der Waals surface area contributed by atoms with E-state index in [1.165, 1.54) is 0 Å². The van der Waals surface area contributed by atoms with Crippen molar-refractivity contribution in [2.45, 2.75) is 6.92 Å². The lowest BCUT2D eigenvalue weighted by atomic mass is 10.2. The molecule has 0 unspecified atom stereocenters. The Kier molecular flexibility index (Phi) is 5.21. The van der Waals surface area contributed by atoms with Gasteiger partial charge in [0.25, 0.3) is 0 Å². The van der Waals surface area contributed by atoms with Crippen molar-refractivity contribution < 1.29 is 14.2 Å². The van der Waals surface area contributed by atoms with Gasteiger partial charge in [-0.3, -0.25) is 4.99 Å². The largest absolute Gasteiger partial charge is 0.493 e. The summed E-state index contributed by atoms with van der Waals surface area (Å²) in [6.45, 7) is 1.98. The van der Waals surface area contributed by atoms with Gasteiger partial charge in [0.2, 0.25) is 10.6 Å². The molecule has 0 fully saturated rings. The van der Waals surface area contributed by atoms with Gasteiger partial charge in [0.15, 0.2) is 11.5 Å². The zero-order chi connectivity index (χ0) is 16.1. The Morgan fingerprint density at radius 1 is 1.09 bits per heavy atom. The quantitative estimate of drug-likeness (QED) is 0.794. The topological polar surface area (TPSA) is 57.3 Å². The summed E-state index contributed by atoms with van der Waals surface area (Å²) >= 11 is 1.55. The zero-order valence-electron chi connectivity index (χ0n) is 13.3. The van der Waals surface area contributed by atoms with Crippen molar-refractivity contribution in [3.05, 3.63) is 33.6 Å². The van der Waals surface area contributed by atoms with Crippen LogP contribution >= 0.6 is 11.3 Å². The Balaban J connectivity index is 2.45. The maximum atomic E-state index is 5.34. The van der Waals surface area contributed by atoms with Crippen LogP contribution in [-0.4, -0.2) is 39.3 Å². The van der Waals surface area contributed by atoms with E-state index in [1.807, 2.05) is 24.4 Å². The average molecular weight is 321 g/mol. The normalized spacial score (nSPS) is 12.0. The van der Waals surface area contributed by atoms with Crippen LogP contribution in [0.2, 0.25) is 0 Å². The summed E-state index contributed by atoms with van der Waals surface area (Å²) in [6, 6.07) is 3.69. The van der Waals surface area contributed by atoms with Gasteiger partial charge in [0.05, 0.1) is 33.2 Å². The second kappa shape index (κ2) is 7.13. The van der Waals surface area contributed by atoms with E-state index in [9.17, 15) is 0 Å². The van der Waals surface area contributed by atoms with Crippen LogP contribution in [0.1, 0.15) is 11.3 Å². The summed E-state index contributed by atoms with van der Waals surface area (Å²) in [4.78, 5) is 5.03. The maximum Gasteiger partial charge on any atom is 0.205 e. The Labute approximate surface area is 133 Å². The van der Waals surface area contributed by atoms with E-state index < -0.39 is 0 Å². The molecule has 1 heterocycles. The van der Waals surface area contributed by atoms with Gasteiger partial charge in [-0.1, -0.05) is 0 Å². The predicted molar refractivity (Wildman–Crippen MR) is 87.6 cm³/mol. The molecular formula is C15H19N3O3S. The third kappa shape index (κ3) is 3.14. The molecule has 0 saturated heterocycles. The van der Waals surface area contributed by atoms with Crippen LogP contribution in [0.5, 0.6) is 17.2 Å². The molecule has 0 bridgehead atoms. The van der Waals surface area contributed by atoms with Gasteiger partial charge in [-0.15, -0.1) is 11.3 Å². The molecule has 22 heavy (non-hydrogen) atoms. The van der Waals surface area contributed by atoms with E-state index >= 15 is 0 Å². The third-order valence-corrected chi connectivity index (χ3v) is 4.08. The minimum Gasteiger partial charge on any atom is -0.493 e. The number of methoxy groups -OCH3 is 3. The SMILES string of the molecule is CN=c1scc(C)n1/N=C/c1cc(OC)c(OC)c(OC)c1. The Morgan fingerprint density at radius 2 is 1.73 bits per heavy atom. The van der Waals surface area contributed by atoms with E-state index in [2.05, 4.69) is 10.1 Å². The number of ether oxygens (including phenoxy) is 3. The van der Waals surface area contributed by atoms with Crippen LogP contribution in [0.3, 0.4) is 0 Å². The van der Waals surface area contributed by atoms with Gasteiger partial charge in [0, 0.05) is 18.0 Å². The zero-order valence-corrected chi connectivity index (χ0v) is 14.1. The number of nitrogens with zero attached hydrogens (tertiary/aromatic N) is 3. The Hall–Kier alpha value is -2.28. The first-order valence-corrected chi connectivity index (χ1v) is 7.46. The molecule has 0 atom stereocenters. The smallest absolute Gasteiger partial charge is 0.205 e. The van der Waals surface area contributed by atoms with Crippen molar-refractivity contribution in [3.8, 4) is 17.2 Å². The fraction of sp³-hybridized carbons (Fsp3) is 0.333. The molecular weight excluding hydrogens is 302 g/mol. The summed E-state index contributed by atoms with van der Waals surface area (Å²) < 4.78 is 17.8. The number of hydrogen-bond donors (Lipinski definition) is 0.